The molecule has 1 aliphatic heterocycles. The van der Waals surface area contributed by atoms with E-state index in [0.717, 1.165) is 12.4 Å². The molecule has 2 N–H and O–H groups in total. The molecular formula is C16H21N3O2. The molecule has 1 aromatic heterocycles. The van der Waals surface area contributed by atoms with E-state index in [1.54, 1.807) is 6.92 Å². The average molecular weight is 287 g/mol. The molecule has 1 aliphatic rings. The summed E-state index contributed by atoms with van der Waals surface area (Å²) in [7, 11) is 0. The predicted molar refractivity (Wildman–Crippen MR) is 81.2 cm³/mol. The van der Waals surface area contributed by atoms with E-state index in [1.807, 2.05) is 40.0 Å². The fourth-order valence-corrected chi connectivity index (χ4v) is 2.73. The standard InChI is InChI=1S/C16H21N3O2/c1-16(21)12-18(9-7-14(16)20)15-8-10-19(17-15)11-13-5-3-2-4-6-13/h2-6,8,10,14,20-21H,7,9,11-12H2,1H3/t14-,16?/m1/s1. The lowest BCUT2D eigenvalue weighted by Gasteiger charge is -2.40. The summed E-state index contributed by atoms with van der Waals surface area (Å²) in [6, 6.07) is 12.1. The molecule has 1 fully saturated rings. The van der Waals surface area contributed by atoms with Crippen molar-refractivity contribution in [3.05, 3.63) is 48.2 Å². The highest BCUT2D eigenvalue weighted by Crippen LogP contribution is 2.25. The second kappa shape index (κ2) is 5.50. The second-order valence-electron chi connectivity index (χ2n) is 5.94. The summed E-state index contributed by atoms with van der Waals surface area (Å²) in [5, 5.41) is 24.6. The van der Waals surface area contributed by atoms with Gasteiger partial charge in [0.2, 0.25) is 0 Å². The van der Waals surface area contributed by atoms with Crippen LogP contribution in [0.3, 0.4) is 0 Å². The van der Waals surface area contributed by atoms with E-state index in [-0.39, 0.29) is 0 Å². The summed E-state index contributed by atoms with van der Waals surface area (Å²) in [5.74, 6) is 0.845. The Labute approximate surface area is 124 Å². The Kier molecular flexibility index (Phi) is 3.69. The number of aliphatic hydroxyl groups is 2. The second-order valence-corrected chi connectivity index (χ2v) is 5.94. The number of piperidine rings is 1. The number of anilines is 1. The molecule has 5 nitrogen and oxygen atoms in total. The van der Waals surface area contributed by atoms with Gasteiger partial charge in [0, 0.05) is 18.8 Å². The average Bonchev–Trinajstić information content (AvgIpc) is 2.91. The van der Waals surface area contributed by atoms with E-state index in [1.165, 1.54) is 5.56 Å². The Morgan fingerprint density at radius 1 is 1.29 bits per heavy atom. The van der Waals surface area contributed by atoms with Crippen LogP contribution in [0.15, 0.2) is 42.6 Å². The molecule has 1 saturated heterocycles. The molecule has 0 bridgehead atoms. The van der Waals surface area contributed by atoms with Gasteiger partial charge >= 0.3 is 0 Å². The molecule has 3 rings (SSSR count). The number of nitrogens with zero attached hydrogens (tertiary/aromatic N) is 3. The number of β-amino-alcohol motifs (C(OH)–C–C–N with tert-alkyl or cyclic N) is 1. The van der Waals surface area contributed by atoms with E-state index in [4.69, 9.17) is 0 Å². The van der Waals surface area contributed by atoms with Crippen molar-refractivity contribution in [1.29, 1.82) is 0 Å². The van der Waals surface area contributed by atoms with Crippen LogP contribution in [0.5, 0.6) is 0 Å². The molecule has 0 saturated carbocycles. The van der Waals surface area contributed by atoms with Crippen LogP contribution in [-0.2, 0) is 6.54 Å². The van der Waals surface area contributed by atoms with E-state index in [0.29, 0.717) is 19.5 Å². The maximum absolute atomic E-state index is 10.2. The molecule has 0 radical (unpaired) electrons. The van der Waals surface area contributed by atoms with Gasteiger partial charge in [0.05, 0.1) is 19.2 Å². The number of rotatable bonds is 3. The predicted octanol–water partition coefficient (Wildman–Crippen LogP) is 1.25. The van der Waals surface area contributed by atoms with Crippen LogP contribution in [0, 0.1) is 0 Å². The van der Waals surface area contributed by atoms with Gasteiger partial charge in [-0.25, -0.2) is 0 Å². The van der Waals surface area contributed by atoms with Crippen LogP contribution in [0.1, 0.15) is 18.9 Å². The Morgan fingerprint density at radius 2 is 2.05 bits per heavy atom. The Morgan fingerprint density at radius 3 is 2.76 bits per heavy atom. The molecule has 0 spiro atoms. The molecule has 112 valence electrons. The van der Waals surface area contributed by atoms with Crippen LogP contribution in [0.2, 0.25) is 0 Å². The smallest absolute Gasteiger partial charge is 0.150 e. The van der Waals surface area contributed by atoms with E-state index in [2.05, 4.69) is 17.2 Å². The van der Waals surface area contributed by atoms with Gasteiger partial charge in [0.15, 0.2) is 5.82 Å². The van der Waals surface area contributed by atoms with E-state index >= 15 is 0 Å². The highest BCUT2D eigenvalue weighted by atomic mass is 16.3. The fourth-order valence-electron chi connectivity index (χ4n) is 2.73. The minimum atomic E-state index is -1.08. The van der Waals surface area contributed by atoms with Crippen LogP contribution in [-0.4, -0.2) is 44.8 Å². The summed E-state index contributed by atoms with van der Waals surface area (Å²) < 4.78 is 1.89. The third-order valence-electron chi connectivity index (χ3n) is 4.04. The molecule has 2 aromatic rings. The van der Waals surface area contributed by atoms with Crippen molar-refractivity contribution >= 4 is 5.82 Å². The summed E-state index contributed by atoms with van der Waals surface area (Å²) in [6.07, 6.45) is 1.83. The van der Waals surface area contributed by atoms with Gasteiger partial charge in [-0.2, -0.15) is 5.10 Å². The van der Waals surface area contributed by atoms with Crippen molar-refractivity contribution in [2.45, 2.75) is 31.6 Å². The first-order valence-corrected chi connectivity index (χ1v) is 7.27. The van der Waals surface area contributed by atoms with Crippen molar-refractivity contribution < 1.29 is 10.2 Å². The lowest BCUT2D eigenvalue weighted by Crippen LogP contribution is -2.55. The maximum atomic E-state index is 10.2. The number of hydrogen-bond donors (Lipinski definition) is 2. The number of aliphatic hydroxyl groups excluding tert-OH is 1. The van der Waals surface area contributed by atoms with Gasteiger partial charge in [0.25, 0.3) is 0 Å². The molecule has 0 amide bonds. The largest absolute Gasteiger partial charge is 0.390 e. The molecule has 0 aliphatic carbocycles. The molecule has 2 atom stereocenters. The minimum Gasteiger partial charge on any atom is -0.390 e. The highest BCUT2D eigenvalue weighted by Gasteiger charge is 2.37. The van der Waals surface area contributed by atoms with Gasteiger partial charge in [-0.15, -0.1) is 0 Å². The Hall–Kier alpha value is -1.85. The van der Waals surface area contributed by atoms with Crippen LogP contribution in [0.25, 0.3) is 0 Å². The zero-order valence-corrected chi connectivity index (χ0v) is 12.2. The number of aromatic nitrogens is 2. The van der Waals surface area contributed by atoms with Gasteiger partial charge in [-0.3, -0.25) is 4.68 Å². The Bertz CT molecular complexity index is 595. The van der Waals surface area contributed by atoms with Crippen LogP contribution in [0.4, 0.5) is 5.82 Å². The van der Waals surface area contributed by atoms with Gasteiger partial charge in [-0.05, 0) is 18.9 Å². The Balaban J connectivity index is 1.71. The molecule has 5 heteroatoms. The zero-order valence-electron chi connectivity index (χ0n) is 12.2. The first-order valence-electron chi connectivity index (χ1n) is 7.27. The van der Waals surface area contributed by atoms with Crippen LogP contribution >= 0.6 is 0 Å². The normalized spacial score (nSPS) is 26.0. The topological polar surface area (TPSA) is 61.5 Å². The van der Waals surface area contributed by atoms with Crippen molar-refractivity contribution in [2.24, 2.45) is 0 Å². The fraction of sp³-hybridized carbons (Fsp3) is 0.438. The van der Waals surface area contributed by atoms with Crippen molar-refractivity contribution in [3.8, 4) is 0 Å². The molecule has 21 heavy (non-hydrogen) atoms. The van der Waals surface area contributed by atoms with E-state index < -0.39 is 11.7 Å². The summed E-state index contributed by atoms with van der Waals surface area (Å²) in [6.45, 7) is 3.51. The number of benzene rings is 1. The van der Waals surface area contributed by atoms with Gasteiger partial charge in [-0.1, -0.05) is 30.3 Å². The van der Waals surface area contributed by atoms with E-state index in [9.17, 15) is 10.2 Å². The molecule has 1 aromatic carbocycles. The van der Waals surface area contributed by atoms with Crippen LogP contribution < -0.4 is 4.90 Å². The lowest BCUT2D eigenvalue weighted by molar-refractivity contribution is -0.0693. The summed E-state index contributed by atoms with van der Waals surface area (Å²) in [5.41, 5.74) is 0.120. The maximum Gasteiger partial charge on any atom is 0.150 e. The summed E-state index contributed by atoms with van der Waals surface area (Å²) in [4.78, 5) is 2.02. The molecular weight excluding hydrogens is 266 g/mol. The lowest BCUT2D eigenvalue weighted by atomic mass is 9.92. The SMILES string of the molecule is CC1(O)CN(c2ccn(Cc3ccccc3)n2)CC[C@H]1O. The summed E-state index contributed by atoms with van der Waals surface area (Å²) >= 11 is 0. The molecule has 1 unspecified atom stereocenters. The molecule has 2 heterocycles. The van der Waals surface area contributed by atoms with Gasteiger partial charge < -0.3 is 15.1 Å². The zero-order chi connectivity index (χ0) is 14.9. The third kappa shape index (κ3) is 3.09. The highest BCUT2D eigenvalue weighted by molar-refractivity contribution is 5.39. The first-order chi connectivity index (χ1) is 10.0. The first kappa shape index (κ1) is 14.1. The quantitative estimate of drug-likeness (QED) is 0.892. The van der Waals surface area contributed by atoms with Gasteiger partial charge in [0.1, 0.15) is 5.60 Å². The third-order valence-corrected chi connectivity index (χ3v) is 4.04. The monoisotopic (exact) mass is 287 g/mol. The minimum absolute atomic E-state index is 0.399. The number of hydrogen-bond acceptors (Lipinski definition) is 4. The van der Waals surface area contributed by atoms with Crippen molar-refractivity contribution in [1.82, 2.24) is 9.78 Å². The van der Waals surface area contributed by atoms with Crippen molar-refractivity contribution in [3.63, 3.8) is 0 Å². The van der Waals surface area contributed by atoms with Crippen molar-refractivity contribution in [2.75, 3.05) is 18.0 Å².